The second-order valence-electron chi connectivity index (χ2n) is 4.30. The Kier molecular flexibility index (Phi) is 2.89. The third-order valence-corrected chi connectivity index (χ3v) is 3.30. The van der Waals surface area contributed by atoms with Crippen LogP contribution in [0.15, 0.2) is 18.5 Å². The second kappa shape index (κ2) is 4.15. The van der Waals surface area contributed by atoms with Gasteiger partial charge in [-0.3, -0.25) is 0 Å². The molecule has 1 aliphatic heterocycles. The number of hydrogen-bond acceptors (Lipinski definition) is 2. The van der Waals surface area contributed by atoms with E-state index in [2.05, 4.69) is 29.2 Å². The maximum Gasteiger partial charge on any atom is 0.00407 e. The molecule has 2 atom stereocenters. The van der Waals surface area contributed by atoms with E-state index in [1.165, 1.54) is 25.1 Å². The molecule has 0 aliphatic carbocycles. The van der Waals surface area contributed by atoms with Crippen LogP contribution >= 0.6 is 0 Å². The summed E-state index contributed by atoms with van der Waals surface area (Å²) in [6.07, 6.45) is 5.34. The van der Waals surface area contributed by atoms with Crippen LogP contribution in [0, 0.1) is 5.92 Å². The van der Waals surface area contributed by atoms with Crippen molar-refractivity contribution in [3.8, 4) is 0 Å². The lowest BCUT2D eigenvalue weighted by atomic mass is 9.87. The molecule has 14 heavy (non-hydrogen) atoms. The topological polar surface area (TPSA) is 45.0 Å². The first-order valence-electron chi connectivity index (χ1n) is 5.32. The highest BCUT2D eigenvalue weighted by molar-refractivity contribution is 5.17. The Bertz CT molecular complexity index is 268. The molecular formula is C11H19N3. The van der Waals surface area contributed by atoms with Crippen molar-refractivity contribution in [1.29, 1.82) is 0 Å². The van der Waals surface area contributed by atoms with E-state index >= 15 is 0 Å². The van der Waals surface area contributed by atoms with Crippen LogP contribution in [0.3, 0.4) is 0 Å². The van der Waals surface area contributed by atoms with Crippen molar-refractivity contribution in [2.24, 2.45) is 11.7 Å². The first-order chi connectivity index (χ1) is 6.81. The highest BCUT2D eigenvalue weighted by Crippen LogP contribution is 2.30. The molecule has 0 bridgehead atoms. The summed E-state index contributed by atoms with van der Waals surface area (Å²) in [5.41, 5.74) is 7.23. The van der Waals surface area contributed by atoms with Crippen LogP contribution in [-0.4, -0.2) is 36.6 Å². The molecule has 2 unspecified atom stereocenters. The third-order valence-electron chi connectivity index (χ3n) is 3.30. The van der Waals surface area contributed by atoms with Crippen LogP contribution in [0.1, 0.15) is 17.9 Å². The molecule has 2 heterocycles. The Labute approximate surface area is 85.3 Å². The summed E-state index contributed by atoms with van der Waals surface area (Å²) >= 11 is 0. The van der Waals surface area contributed by atoms with Crippen molar-refractivity contribution in [2.45, 2.75) is 12.3 Å². The zero-order valence-electron chi connectivity index (χ0n) is 8.74. The first kappa shape index (κ1) is 9.74. The minimum atomic E-state index is 0.534. The Morgan fingerprint density at radius 1 is 1.71 bits per heavy atom. The average Bonchev–Trinajstić information content (AvgIpc) is 2.79. The van der Waals surface area contributed by atoms with Crippen molar-refractivity contribution < 1.29 is 0 Å². The van der Waals surface area contributed by atoms with Gasteiger partial charge in [-0.2, -0.15) is 0 Å². The van der Waals surface area contributed by atoms with Crippen LogP contribution in [0.4, 0.5) is 0 Å². The number of nitrogens with zero attached hydrogens (tertiary/aromatic N) is 1. The molecule has 1 saturated heterocycles. The van der Waals surface area contributed by atoms with Gasteiger partial charge in [-0.15, -0.1) is 0 Å². The summed E-state index contributed by atoms with van der Waals surface area (Å²) < 4.78 is 0. The van der Waals surface area contributed by atoms with Crippen molar-refractivity contribution in [1.82, 2.24) is 9.88 Å². The van der Waals surface area contributed by atoms with Gasteiger partial charge in [0.05, 0.1) is 0 Å². The van der Waals surface area contributed by atoms with Gasteiger partial charge in [0.1, 0.15) is 0 Å². The van der Waals surface area contributed by atoms with Gasteiger partial charge in [0.25, 0.3) is 0 Å². The standard InChI is InChI=1S/C11H19N3/c1-14-5-3-10(8-14)11(6-12)9-2-4-13-7-9/h2,4,7,10-11,13H,3,5-6,8,12H2,1H3. The molecule has 0 amide bonds. The molecule has 1 aromatic heterocycles. The number of nitrogens with two attached hydrogens (primary N) is 1. The summed E-state index contributed by atoms with van der Waals surface area (Å²) in [6, 6.07) is 2.15. The molecule has 3 nitrogen and oxygen atoms in total. The summed E-state index contributed by atoms with van der Waals surface area (Å²) in [5.74, 6) is 1.27. The van der Waals surface area contributed by atoms with E-state index in [9.17, 15) is 0 Å². The summed E-state index contributed by atoms with van der Waals surface area (Å²) in [6.45, 7) is 3.16. The Morgan fingerprint density at radius 2 is 2.57 bits per heavy atom. The summed E-state index contributed by atoms with van der Waals surface area (Å²) in [5, 5.41) is 0. The molecule has 3 N–H and O–H groups in total. The van der Waals surface area contributed by atoms with Crippen LogP contribution in [-0.2, 0) is 0 Å². The highest BCUT2D eigenvalue weighted by Gasteiger charge is 2.27. The number of H-pyrrole nitrogens is 1. The fourth-order valence-electron chi connectivity index (χ4n) is 2.47. The van der Waals surface area contributed by atoms with Gasteiger partial charge >= 0.3 is 0 Å². The number of aromatic nitrogens is 1. The molecule has 0 saturated carbocycles. The quantitative estimate of drug-likeness (QED) is 0.752. The van der Waals surface area contributed by atoms with Crippen LogP contribution in [0.25, 0.3) is 0 Å². The van der Waals surface area contributed by atoms with Crippen molar-refractivity contribution in [3.63, 3.8) is 0 Å². The first-order valence-corrected chi connectivity index (χ1v) is 5.32. The van der Waals surface area contributed by atoms with Gasteiger partial charge in [0.15, 0.2) is 0 Å². The van der Waals surface area contributed by atoms with Gasteiger partial charge in [0, 0.05) is 24.9 Å². The predicted octanol–water partition coefficient (Wildman–Crippen LogP) is 1.01. The number of rotatable bonds is 3. The minimum Gasteiger partial charge on any atom is -0.367 e. The Morgan fingerprint density at radius 3 is 3.07 bits per heavy atom. The van der Waals surface area contributed by atoms with E-state index in [0.29, 0.717) is 5.92 Å². The molecule has 1 aliphatic rings. The number of nitrogens with one attached hydrogen (secondary N) is 1. The normalized spacial score (nSPS) is 25.4. The Balaban J connectivity index is 2.07. The second-order valence-corrected chi connectivity index (χ2v) is 4.30. The van der Waals surface area contributed by atoms with Gasteiger partial charge in [-0.25, -0.2) is 0 Å². The lowest BCUT2D eigenvalue weighted by molar-refractivity contribution is 0.372. The van der Waals surface area contributed by atoms with E-state index in [-0.39, 0.29) is 0 Å². The predicted molar refractivity (Wildman–Crippen MR) is 58.2 cm³/mol. The van der Waals surface area contributed by atoms with E-state index in [1.54, 1.807) is 0 Å². The van der Waals surface area contributed by atoms with E-state index in [4.69, 9.17) is 5.73 Å². The van der Waals surface area contributed by atoms with Crippen molar-refractivity contribution in [2.75, 3.05) is 26.7 Å². The zero-order chi connectivity index (χ0) is 9.97. The smallest absolute Gasteiger partial charge is 0.00407 e. The van der Waals surface area contributed by atoms with Gasteiger partial charge in [-0.05, 0) is 44.1 Å². The van der Waals surface area contributed by atoms with Gasteiger partial charge < -0.3 is 15.6 Å². The lowest BCUT2D eigenvalue weighted by Gasteiger charge is -2.20. The summed E-state index contributed by atoms with van der Waals surface area (Å²) in [4.78, 5) is 5.50. The third kappa shape index (κ3) is 1.83. The molecule has 0 spiro atoms. The SMILES string of the molecule is CN1CCC(C(CN)c2cc[nH]c2)C1. The molecule has 1 aromatic rings. The minimum absolute atomic E-state index is 0.534. The monoisotopic (exact) mass is 193 g/mol. The largest absolute Gasteiger partial charge is 0.367 e. The van der Waals surface area contributed by atoms with E-state index < -0.39 is 0 Å². The number of aromatic amines is 1. The summed E-state index contributed by atoms with van der Waals surface area (Å²) in [7, 11) is 2.19. The molecular weight excluding hydrogens is 174 g/mol. The average molecular weight is 193 g/mol. The number of hydrogen-bond donors (Lipinski definition) is 2. The van der Waals surface area contributed by atoms with Gasteiger partial charge in [0.2, 0.25) is 0 Å². The molecule has 2 rings (SSSR count). The van der Waals surface area contributed by atoms with Crippen molar-refractivity contribution in [3.05, 3.63) is 24.0 Å². The van der Waals surface area contributed by atoms with E-state index in [0.717, 1.165) is 12.5 Å². The molecule has 3 heteroatoms. The molecule has 0 radical (unpaired) electrons. The van der Waals surface area contributed by atoms with Crippen molar-refractivity contribution >= 4 is 0 Å². The zero-order valence-corrected chi connectivity index (χ0v) is 8.74. The molecule has 1 fully saturated rings. The van der Waals surface area contributed by atoms with Crippen LogP contribution in [0.5, 0.6) is 0 Å². The maximum atomic E-state index is 5.86. The molecule has 0 aromatic carbocycles. The highest BCUT2D eigenvalue weighted by atomic mass is 15.1. The van der Waals surface area contributed by atoms with E-state index in [1.807, 2.05) is 6.20 Å². The Hall–Kier alpha value is -0.800. The fraction of sp³-hybridized carbons (Fsp3) is 0.636. The van der Waals surface area contributed by atoms with Crippen LogP contribution < -0.4 is 5.73 Å². The van der Waals surface area contributed by atoms with Gasteiger partial charge in [-0.1, -0.05) is 0 Å². The van der Waals surface area contributed by atoms with Crippen LogP contribution in [0.2, 0.25) is 0 Å². The maximum absolute atomic E-state index is 5.86. The fourth-order valence-corrected chi connectivity index (χ4v) is 2.47. The lowest BCUT2D eigenvalue weighted by Crippen LogP contribution is -2.23. The molecule has 78 valence electrons. The number of likely N-dealkylation sites (tertiary alicyclic amines) is 1.